The van der Waals surface area contributed by atoms with Crippen LogP contribution in [0.1, 0.15) is 36.5 Å². The lowest BCUT2D eigenvalue weighted by molar-refractivity contribution is 0.229. The first kappa shape index (κ1) is 10.5. The summed E-state index contributed by atoms with van der Waals surface area (Å²) in [7, 11) is 0. The Morgan fingerprint density at radius 2 is 1.94 bits per heavy atom. The standard InChI is InChI=1S/C11H14N4O2/c1-6-8(7(2)16-14-6)9-13-10(15-17-9)11(12)4-3-5-11/h3-5,12H2,1-2H3. The molecule has 6 nitrogen and oxygen atoms in total. The fourth-order valence-electron chi connectivity index (χ4n) is 2.10. The first-order valence-electron chi connectivity index (χ1n) is 5.66. The molecule has 2 aromatic rings. The molecule has 17 heavy (non-hydrogen) atoms. The Bertz CT molecular complexity index is 534. The third-order valence-electron chi connectivity index (χ3n) is 3.36. The highest BCUT2D eigenvalue weighted by atomic mass is 16.5. The predicted octanol–water partition coefficient (Wildman–Crippen LogP) is 1.68. The molecule has 6 heteroatoms. The van der Waals surface area contributed by atoms with Crippen LogP contribution in [-0.4, -0.2) is 15.3 Å². The van der Waals surface area contributed by atoms with E-state index in [-0.39, 0.29) is 0 Å². The molecule has 0 saturated heterocycles. The van der Waals surface area contributed by atoms with Gasteiger partial charge in [-0.3, -0.25) is 0 Å². The third kappa shape index (κ3) is 1.48. The molecule has 2 N–H and O–H groups in total. The van der Waals surface area contributed by atoms with Gasteiger partial charge in [0.1, 0.15) is 11.3 Å². The summed E-state index contributed by atoms with van der Waals surface area (Å²) in [5, 5.41) is 7.83. The zero-order chi connectivity index (χ0) is 12.0. The Hall–Kier alpha value is -1.69. The van der Waals surface area contributed by atoms with Gasteiger partial charge < -0.3 is 14.8 Å². The Kier molecular flexibility index (Phi) is 2.09. The molecule has 0 unspecified atom stereocenters. The first-order valence-corrected chi connectivity index (χ1v) is 5.66. The van der Waals surface area contributed by atoms with Crippen LogP contribution in [0.5, 0.6) is 0 Å². The lowest BCUT2D eigenvalue weighted by atomic mass is 9.77. The van der Waals surface area contributed by atoms with Crippen LogP contribution in [0.15, 0.2) is 9.05 Å². The van der Waals surface area contributed by atoms with Gasteiger partial charge in [0.25, 0.3) is 5.89 Å². The molecule has 0 aromatic carbocycles. The highest BCUT2D eigenvalue weighted by Gasteiger charge is 2.39. The lowest BCUT2D eigenvalue weighted by Gasteiger charge is -2.34. The summed E-state index contributed by atoms with van der Waals surface area (Å²) in [5.74, 6) is 1.70. The minimum absolute atomic E-state index is 0.402. The summed E-state index contributed by atoms with van der Waals surface area (Å²) < 4.78 is 10.3. The van der Waals surface area contributed by atoms with Crippen molar-refractivity contribution in [1.29, 1.82) is 0 Å². The van der Waals surface area contributed by atoms with Crippen LogP contribution >= 0.6 is 0 Å². The van der Waals surface area contributed by atoms with Gasteiger partial charge in [-0.05, 0) is 33.1 Å². The van der Waals surface area contributed by atoms with Crippen molar-refractivity contribution in [2.75, 3.05) is 0 Å². The smallest absolute Gasteiger partial charge is 0.263 e. The second-order valence-corrected chi connectivity index (χ2v) is 4.63. The zero-order valence-corrected chi connectivity index (χ0v) is 9.86. The van der Waals surface area contributed by atoms with E-state index in [4.69, 9.17) is 14.8 Å². The predicted molar refractivity (Wildman–Crippen MR) is 59.0 cm³/mol. The minimum atomic E-state index is -0.402. The normalized spacial score (nSPS) is 18.1. The van der Waals surface area contributed by atoms with Crippen LogP contribution in [0.25, 0.3) is 11.5 Å². The van der Waals surface area contributed by atoms with E-state index in [0.29, 0.717) is 17.5 Å². The summed E-state index contributed by atoms with van der Waals surface area (Å²) in [4.78, 5) is 4.37. The van der Waals surface area contributed by atoms with Crippen molar-refractivity contribution in [2.45, 2.75) is 38.6 Å². The van der Waals surface area contributed by atoms with Gasteiger partial charge in [0.2, 0.25) is 0 Å². The topological polar surface area (TPSA) is 91.0 Å². The van der Waals surface area contributed by atoms with E-state index in [1.807, 2.05) is 13.8 Å². The van der Waals surface area contributed by atoms with Crippen molar-refractivity contribution < 1.29 is 9.05 Å². The summed E-state index contributed by atoms with van der Waals surface area (Å²) in [6, 6.07) is 0. The van der Waals surface area contributed by atoms with E-state index < -0.39 is 5.54 Å². The molecule has 2 aromatic heterocycles. The largest absolute Gasteiger partial charge is 0.361 e. The SMILES string of the molecule is Cc1noc(C)c1-c1nc(C2(N)CCC2)no1. The molecule has 3 rings (SSSR count). The van der Waals surface area contributed by atoms with Crippen molar-refractivity contribution in [3.05, 3.63) is 17.3 Å². The Labute approximate surface area is 98.2 Å². The maximum Gasteiger partial charge on any atom is 0.263 e. The molecular weight excluding hydrogens is 220 g/mol. The highest BCUT2D eigenvalue weighted by molar-refractivity contribution is 5.58. The van der Waals surface area contributed by atoms with Crippen LogP contribution in [0.3, 0.4) is 0 Å². The fraction of sp³-hybridized carbons (Fsp3) is 0.545. The average molecular weight is 234 g/mol. The molecule has 2 heterocycles. The van der Waals surface area contributed by atoms with Gasteiger partial charge >= 0.3 is 0 Å². The summed E-state index contributed by atoms with van der Waals surface area (Å²) >= 11 is 0. The van der Waals surface area contributed by atoms with Gasteiger partial charge in [0.05, 0.1) is 11.2 Å². The molecule has 0 radical (unpaired) electrons. The summed E-state index contributed by atoms with van der Waals surface area (Å²) in [5.41, 5.74) is 7.26. The second-order valence-electron chi connectivity index (χ2n) is 4.63. The monoisotopic (exact) mass is 234 g/mol. The molecule has 0 amide bonds. The number of aryl methyl sites for hydroxylation is 2. The van der Waals surface area contributed by atoms with Crippen molar-refractivity contribution in [2.24, 2.45) is 5.73 Å². The van der Waals surface area contributed by atoms with Crippen molar-refractivity contribution in [3.63, 3.8) is 0 Å². The Balaban J connectivity index is 2.00. The molecule has 0 aliphatic heterocycles. The van der Waals surface area contributed by atoms with Gasteiger partial charge in [-0.1, -0.05) is 10.3 Å². The van der Waals surface area contributed by atoms with E-state index in [1.54, 1.807) is 0 Å². The molecule has 1 fully saturated rings. The van der Waals surface area contributed by atoms with Crippen LogP contribution in [0, 0.1) is 13.8 Å². The van der Waals surface area contributed by atoms with Crippen molar-refractivity contribution in [1.82, 2.24) is 15.3 Å². The van der Waals surface area contributed by atoms with Gasteiger partial charge in [0, 0.05) is 0 Å². The van der Waals surface area contributed by atoms with E-state index in [0.717, 1.165) is 30.5 Å². The van der Waals surface area contributed by atoms with Gasteiger partial charge in [0.15, 0.2) is 5.82 Å². The number of nitrogens with zero attached hydrogens (tertiary/aromatic N) is 3. The molecule has 1 aliphatic carbocycles. The average Bonchev–Trinajstić information content (AvgIpc) is 2.83. The molecular formula is C11H14N4O2. The van der Waals surface area contributed by atoms with Gasteiger partial charge in [-0.2, -0.15) is 4.98 Å². The second kappa shape index (κ2) is 3.40. The summed E-state index contributed by atoms with van der Waals surface area (Å²) in [6.07, 6.45) is 2.94. The van der Waals surface area contributed by atoms with Gasteiger partial charge in [-0.15, -0.1) is 0 Å². The molecule has 1 aliphatic rings. The Morgan fingerprint density at radius 1 is 1.18 bits per heavy atom. The van der Waals surface area contributed by atoms with Crippen LogP contribution < -0.4 is 5.73 Å². The summed E-state index contributed by atoms with van der Waals surface area (Å²) in [6.45, 7) is 3.66. The number of aromatic nitrogens is 3. The molecule has 1 saturated carbocycles. The van der Waals surface area contributed by atoms with Crippen LogP contribution in [0.4, 0.5) is 0 Å². The number of hydrogen-bond acceptors (Lipinski definition) is 6. The number of nitrogens with two attached hydrogens (primary N) is 1. The minimum Gasteiger partial charge on any atom is -0.361 e. The maximum atomic E-state index is 6.14. The molecule has 0 atom stereocenters. The van der Waals surface area contributed by atoms with Crippen molar-refractivity contribution >= 4 is 0 Å². The molecule has 0 spiro atoms. The first-order chi connectivity index (χ1) is 8.10. The lowest BCUT2D eigenvalue weighted by Crippen LogP contribution is -2.44. The van der Waals surface area contributed by atoms with Gasteiger partial charge in [-0.25, -0.2) is 0 Å². The molecule has 90 valence electrons. The Morgan fingerprint density at radius 3 is 2.47 bits per heavy atom. The van der Waals surface area contributed by atoms with E-state index in [1.165, 1.54) is 0 Å². The zero-order valence-electron chi connectivity index (χ0n) is 9.86. The van der Waals surface area contributed by atoms with E-state index in [2.05, 4.69) is 15.3 Å². The molecule has 0 bridgehead atoms. The highest BCUT2D eigenvalue weighted by Crippen LogP contribution is 2.38. The fourth-order valence-corrected chi connectivity index (χ4v) is 2.10. The van der Waals surface area contributed by atoms with E-state index >= 15 is 0 Å². The van der Waals surface area contributed by atoms with Crippen LogP contribution in [0.2, 0.25) is 0 Å². The maximum absolute atomic E-state index is 6.14. The van der Waals surface area contributed by atoms with Crippen LogP contribution in [-0.2, 0) is 5.54 Å². The van der Waals surface area contributed by atoms with E-state index in [9.17, 15) is 0 Å². The number of rotatable bonds is 2. The third-order valence-corrected chi connectivity index (χ3v) is 3.36. The van der Waals surface area contributed by atoms with Crippen molar-refractivity contribution in [3.8, 4) is 11.5 Å². The quantitative estimate of drug-likeness (QED) is 0.850. The number of hydrogen-bond donors (Lipinski definition) is 1.